The summed E-state index contributed by atoms with van der Waals surface area (Å²) < 4.78 is 26.8. The molecular weight excluding hydrogens is 487 g/mol. The minimum Gasteiger partial charge on any atom is -0.478 e. The van der Waals surface area contributed by atoms with Crippen LogP contribution in [0.3, 0.4) is 0 Å². The number of hydrogen-bond donors (Lipinski definition) is 1. The highest BCUT2D eigenvalue weighted by Gasteiger charge is 2.26. The average Bonchev–Trinajstić information content (AvgIpc) is 3.34. The van der Waals surface area contributed by atoms with Crippen molar-refractivity contribution in [2.24, 2.45) is 0 Å². The van der Waals surface area contributed by atoms with Crippen molar-refractivity contribution in [1.82, 2.24) is 9.72 Å². The van der Waals surface area contributed by atoms with Gasteiger partial charge in [0.2, 0.25) is 0 Å². The molecule has 38 heavy (non-hydrogen) atoms. The second kappa shape index (κ2) is 9.13. The van der Waals surface area contributed by atoms with Crippen LogP contribution in [0, 0.1) is 19.7 Å². The number of aromatic nitrogens is 2. The van der Waals surface area contributed by atoms with Crippen molar-refractivity contribution in [3.8, 4) is 11.1 Å². The van der Waals surface area contributed by atoms with Crippen LogP contribution in [0.5, 0.6) is 0 Å². The summed E-state index contributed by atoms with van der Waals surface area (Å²) in [5.74, 6) is -1.34. The van der Waals surface area contributed by atoms with Gasteiger partial charge in [-0.05, 0) is 88.2 Å². The smallest absolute Gasteiger partial charge is 0.339 e. The van der Waals surface area contributed by atoms with Crippen LogP contribution in [0.15, 0.2) is 59.1 Å². The number of fused-ring (bicyclic) bond motifs is 3. The number of rotatable bonds is 5. The molecule has 7 nitrogen and oxygen atoms in total. The molecule has 0 aliphatic heterocycles. The molecule has 0 bridgehead atoms. The molecule has 2 aromatic heterocycles. The predicted molar refractivity (Wildman–Crippen MR) is 142 cm³/mol. The monoisotopic (exact) mass is 514 g/mol. The maximum atomic E-state index is 13.6. The first-order chi connectivity index (χ1) is 17.9. The van der Waals surface area contributed by atoms with Gasteiger partial charge >= 0.3 is 11.9 Å². The zero-order chi connectivity index (χ0) is 27.4. The van der Waals surface area contributed by atoms with Crippen LogP contribution in [0.25, 0.3) is 32.9 Å². The molecule has 5 rings (SSSR count). The van der Waals surface area contributed by atoms with Crippen molar-refractivity contribution in [2.75, 3.05) is 0 Å². The largest absolute Gasteiger partial charge is 0.478 e. The first-order valence-electron chi connectivity index (χ1n) is 12.2. The van der Waals surface area contributed by atoms with Gasteiger partial charge < -0.3 is 18.9 Å². The Labute approximate surface area is 218 Å². The maximum Gasteiger partial charge on any atom is 0.339 e. The van der Waals surface area contributed by atoms with E-state index in [1.165, 1.54) is 18.2 Å². The van der Waals surface area contributed by atoms with Gasteiger partial charge in [0, 0.05) is 28.4 Å². The second-order valence-corrected chi connectivity index (χ2v) is 10.4. The molecule has 0 fully saturated rings. The van der Waals surface area contributed by atoms with Crippen molar-refractivity contribution >= 4 is 33.7 Å². The zero-order valence-corrected chi connectivity index (χ0v) is 21.8. The Kier molecular flexibility index (Phi) is 6.06. The maximum absolute atomic E-state index is 13.6. The molecule has 0 saturated heterocycles. The van der Waals surface area contributed by atoms with E-state index in [9.17, 15) is 19.1 Å². The molecule has 2 heterocycles. The van der Waals surface area contributed by atoms with E-state index in [0.29, 0.717) is 39.9 Å². The molecule has 0 amide bonds. The van der Waals surface area contributed by atoms with E-state index < -0.39 is 17.5 Å². The molecule has 194 valence electrons. The number of halogens is 1. The van der Waals surface area contributed by atoms with Gasteiger partial charge in [0.1, 0.15) is 17.2 Å². The van der Waals surface area contributed by atoms with Crippen molar-refractivity contribution in [3.63, 3.8) is 0 Å². The summed E-state index contributed by atoms with van der Waals surface area (Å²) in [5, 5.41) is 15.0. The van der Waals surface area contributed by atoms with Gasteiger partial charge in [-0.3, -0.25) is 0 Å². The Morgan fingerprint density at radius 2 is 1.74 bits per heavy atom. The third-order valence-electron chi connectivity index (χ3n) is 6.41. The van der Waals surface area contributed by atoms with E-state index in [1.54, 1.807) is 58.0 Å². The van der Waals surface area contributed by atoms with Crippen LogP contribution in [0.1, 0.15) is 58.5 Å². The summed E-state index contributed by atoms with van der Waals surface area (Å²) in [6.45, 7) is 9.38. The van der Waals surface area contributed by atoms with Crippen molar-refractivity contribution in [2.45, 2.75) is 46.8 Å². The highest BCUT2D eigenvalue weighted by Crippen LogP contribution is 2.38. The summed E-state index contributed by atoms with van der Waals surface area (Å²) in [7, 11) is 0. The molecule has 0 radical (unpaired) electrons. The Balaban J connectivity index is 1.89. The van der Waals surface area contributed by atoms with Gasteiger partial charge in [0.25, 0.3) is 0 Å². The fourth-order valence-corrected chi connectivity index (χ4v) is 4.83. The van der Waals surface area contributed by atoms with E-state index in [0.717, 1.165) is 22.2 Å². The number of esters is 1. The molecule has 0 aliphatic carbocycles. The van der Waals surface area contributed by atoms with Gasteiger partial charge in [-0.1, -0.05) is 17.3 Å². The van der Waals surface area contributed by atoms with E-state index >= 15 is 0 Å². The summed E-state index contributed by atoms with van der Waals surface area (Å²) in [6, 6.07) is 14.7. The molecule has 0 unspecified atom stereocenters. The second-order valence-electron chi connectivity index (χ2n) is 10.4. The van der Waals surface area contributed by atoms with E-state index in [-0.39, 0.29) is 11.4 Å². The number of benzene rings is 3. The number of carbonyl (C=O) groups is 2. The number of carbonyl (C=O) groups excluding carboxylic acids is 1. The fraction of sp³-hybridized carbons (Fsp3) is 0.233. The Morgan fingerprint density at radius 3 is 2.34 bits per heavy atom. The standard InChI is InChI=1S/C30H27FN2O5/c1-16-26(17(2)38-32-16)20-13-23(29(36)37-30(3,4)5)27-22-12-19(28(34)35)8-11-24(22)33(25(27)14-20)15-18-6-9-21(31)10-7-18/h6-14H,15H2,1-5H3,(H,34,35). The number of carboxylic acid groups (broad SMARTS) is 1. The predicted octanol–water partition coefficient (Wildman–Crippen LogP) is 6.91. The average molecular weight is 515 g/mol. The minimum absolute atomic E-state index is 0.100. The first kappa shape index (κ1) is 25.2. The van der Waals surface area contributed by atoms with Crippen LogP contribution in [0.4, 0.5) is 4.39 Å². The minimum atomic E-state index is -1.07. The van der Waals surface area contributed by atoms with E-state index in [4.69, 9.17) is 9.26 Å². The molecule has 0 atom stereocenters. The van der Waals surface area contributed by atoms with Crippen LogP contribution in [-0.4, -0.2) is 32.4 Å². The first-order valence-corrected chi connectivity index (χ1v) is 12.2. The Hall–Kier alpha value is -4.46. The van der Waals surface area contributed by atoms with Crippen molar-refractivity contribution in [3.05, 3.63) is 88.6 Å². The summed E-state index contributed by atoms with van der Waals surface area (Å²) in [6.07, 6.45) is 0. The molecule has 8 heteroatoms. The number of ether oxygens (including phenoxy) is 1. The normalized spacial score (nSPS) is 11.8. The molecule has 3 aromatic carbocycles. The van der Waals surface area contributed by atoms with E-state index in [1.807, 2.05) is 17.6 Å². The van der Waals surface area contributed by atoms with Gasteiger partial charge in [-0.2, -0.15) is 0 Å². The fourth-order valence-electron chi connectivity index (χ4n) is 4.83. The van der Waals surface area contributed by atoms with Crippen LogP contribution in [-0.2, 0) is 11.3 Å². The van der Waals surface area contributed by atoms with Gasteiger partial charge in [0.15, 0.2) is 0 Å². The summed E-state index contributed by atoms with van der Waals surface area (Å²) in [5.41, 5.74) is 4.08. The third-order valence-corrected chi connectivity index (χ3v) is 6.41. The van der Waals surface area contributed by atoms with E-state index in [2.05, 4.69) is 5.16 Å². The van der Waals surface area contributed by atoms with Gasteiger partial charge in [-0.15, -0.1) is 0 Å². The molecule has 0 spiro atoms. The summed E-state index contributed by atoms with van der Waals surface area (Å²) in [4.78, 5) is 25.5. The SMILES string of the molecule is Cc1noc(C)c1-c1cc(C(=O)OC(C)(C)C)c2c3cc(C(=O)O)ccc3n(Cc3ccc(F)cc3)c2c1. The third kappa shape index (κ3) is 4.53. The lowest BCUT2D eigenvalue weighted by atomic mass is 9.97. The number of aryl methyl sites for hydroxylation is 2. The quantitative estimate of drug-likeness (QED) is 0.256. The molecule has 5 aromatic rings. The van der Waals surface area contributed by atoms with Crippen LogP contribution < -0.4 is 0 Å². The van der Waals surface area contributed by atoms with Gasteiger partial charge in [-0.25, -0.2) is 14.0 Å². The Bertz CT molecular complexity index is 1700. The number of aromatic carboxylic acids is 1. The molecular formula is C30H27FN2O5. The lowest BCUT2D eigenvalue weighted by molar-refractivity contribution is 0.00717. The number of nitrogens with zero attached hydrogens (tertiary/aromatic N) is 2. The molecule has 1 N–H and O–H groups in total. The Morgan fingerprint density at radius 1 is 1.03 bits per heavy atom. The molecule has 0 saturated carbocycles. The van der Waals surface area contributed by atoms with Crippen LogP contribution in [0.2, 0.25) is 0 Å². The topological polar surface area (TPSA) is 94.6 Å². The lowest BCUT2D eigenvalue weighted by Crippen LogP contribution is -2.24. The van der Waals surface area contributed by atoms with Crippen LogP contribution >= 0.6 is 0 Å². The number of carboxylic acids is 1. The molecule has 0 aliphatic rings. The number of hydrogen-bond acceptors (Lipinski definition) is 5. The van der Waals surface area contributed by atoms with Crippen molar-refractivity contribution < 1.29 is 28.3 Å². The summed E-state index contributed by atoms with van der Waals surface area (Å²) >= 11 is 0. The zero-order valence-electron chi connectivity index (χ0n) is 21.8. The lowest BCUT2D eigenvalue weighted by Gasteiger charge is -2.20. The van der Waals surface area contributed by atoms with Crippen molar-refractivity contribution in [1.29, 1.82) is 0 Å². The van der Waals surface area contributed by atoms with Gasteiger partial charge in [0.05, 0.1) is 22.3 Å². The highest BCUT2D eigenvalue weighted by atomic mass is 19.1. The highest BCUT2D eigenvalue weighted by molar-refractivity contribution is 6.19.